The minimum absolute atomic E-state index is 0.0142. The Bertz CT molecular complexity index is 1230. The zero-order valence-corrected chi connectivity index (χ0v) is 22.6. The maximum atomic E-state index is 13.5. The molecule has 0 saturated carbocycles. The highest BCUT2D eigenvalue weighted by atomic mass is 19.4. The lowest BCUT2D eigenvalue weighted by Gasteiger charge is -2.34. The van der Waals surface area contributed by atoms with Crippen molar-refractivity contribution in [1.29, 1.82) is 0 Å². The van der Waals surface area contributed by atoms with Gasteiger partial charge in [-0.1, -0.05) is 0 Å². The number of piperazine rings is 1. The Morgan fingerprint density at radius 2 is 1.69 bits per heavy atom. The van der Waals surface area contributed by atoms with Gasteiger partial charge in [-0.3, -0.25) is 9.59 Å². The molecule has 1 amide bonds. The first-order valence-corrected chi connectivity index (χ1v) is 13.5. The molecule has 42 heavy (non-hydrogen) atoms. The molecule has 2 aromatic rings. The molecule has 2 aliphatic heterocycles. The number of nitrogens with zero attached hydrogens (tertiary/aromatic N) is 5. The van der Waals surface area contributed by atoms with Crippen molar-refractivity contribution in [3.05, 3.63) is 40.1 Å². The van der Waals surface area contributed by atoms with Crippen molar-refractivity contribution < 1.29 is 35.9 Å². The van der Waals surface area contributed by atoms with E-state index in [0.717, 1.165) is 44.5 Å². The molecule has 4 heterocycles. The summed E-state index contributed by atoms with van der Waals surface area (Å²) in [4.78, 5) is 35.5. The van der Waals surface area contributed by atoms with Crippen molar-refractivity contribution in [3.8, 4) is 0 Å². The van der Waals surface area contributed by atoms with Crippen LogP contribution in [-0.2, 0) is 21.9 Å². The molecule has 3 N–H and O–H groups in total. The molecule has 2 aliphatic rings. The van der Waals surface area contributed by atoms with Crippen LogP contribution in [0.5, 0.6) is 0 Å². The van der Waals surface area contributed by atoms with Gasteiger partial charge < -0.3 is 25.2 Å². The lowest BCUT2D eigenvalue weighted by Crippen LogP contribution is -2.49. The number of anilines is 2. The third-order valence-corrected chi connectivity index (χ3v) is 7.24. The van der Waals surface area contributed by atoms with E-state index in [9.17, 15) is 35.9 Å². The first-order valence-electron chi connectivity index (χ1n) is 13.5. The van der Waals surface area contributed by atoms with E-state index >= 15 is 0 Å². The standard InChI is InChI=1S/C25H32F6N8O3/c26-24(27,28)17-12-33-23(34-13-17)39-8-6-38(7-9-39)20(40)3-10-42-15-18(11-16-1-4-32-5-2-16)36-19-14-35-37-22(41)21(19)25(29,30)31/h12-14,16,18,32H,1-11,15H2,(H2,36,37,41). The fourth-order valence-electron chi connectivity index (χ4n) is 5.03. The van der Waals surface area contributed by atoms with Gasteiger partial charge in [-0.2, -0.15) is 31.4 Å². The Kier molecular flexibility index (Phi) is 10.2. The van der Waals surface area contributed by atoms with Crippen molar-refractivity contribution >= 4 is 17.5 Å². The fraction of sp³-hybridized carbons (Fsp3) is 0.640. The number of carbonyl (C=O) groups excluding carboxylic acids is 1. The Hall–Kier alpha value is -3.47. The molecule has 2 fully saturated rings. The molecule has 11 nitrogen and oxygen atoms in total. The van der Waals surface area contributed by atoms with E-state index in [4.69, 9.17) is 4.74 Å². The lowest BCUT2D eigenvalue weighted by molar-refractivity contribution is -0.139. The second-order valence-electron chi connectivity index (χ2n) is 10.2. The number of amides is 1. The summed E-state index contributed by atoms with van der Waals surface area (Å²) in [5.74, 6) is 0.197. The highest BCUT2D eigenvalue weighted by Gasteiger charge is 2.38. The SMILES string of the molecule is O=C(CCOCC(CC1CCNCC1)Nc1cn[nH]c(=O)c1C(F)(F)F)N1CCN(c2ncc(C(F)(F)F)cn2)CC1. The Morgan fingerprint density at radius 3 is 2.31 bits per heavy atom. The minimum atomic E-state index is -4.88. The number of H-pyrrole nitrogens is 1. The number of carbonyl (C=O) groups is 1. The van der Waals surface area contributed by atoms with Crippen molar-refractivity contribution in [2.24, 2.45) is 5.92 Å². The van der Waals surface area contributed by atoms with E-state index in [1.165, 1.54) is 0 Å². The van der Waals surface area contributed by atoms with Gasteiger partial charge in [0.15, 0.2) is 0 Å². The molecule has 1 atom stereocenters. The van der Waals surface area contributed by atoms with Gasteiger partial charge in [-0.25, -0.2) is 15.1 Å². The predicted molar refractivity (Wildman–Crippen MR) is 139 cm³/mol. The predicted octanol–water partition coefficient (Wildman–Crippen LogP) is 2.52. The Balaban J connectivity index is 1.27. The first kappa shape index (κ1) is 31.5. The molecule has 0 radical (unpaired) electrons. The topological polar surface area (TPSA) is 128 Å². The van der Waals surface area contributed by atoms with E-state index in [1.54, 1.807) is 9.80 Å². The zero-order valence-electron chi connectivity index (χ0n) is 22.6. The number of hydrogen-bond donors (Lipinski definition) is 3. The normalized spacial score (nSPS) is 17.8. The molecule has 4 rings (SSSR count). The Morgan fingerprint density at radius 1 is 1.02 bits per heavy atom. The van der Waals surface area contributed by atoms with Crippen molar-refractivity contribution in [2.75, 3.05) is 62.7 Å². The number of aromatic nitrogens is 4. The molecule has 232 valence electrons. The van der Waals surface area contributed by atoms with Crippen LogP contribution in [-0.4, -0.2) is 89.5 Å². The maximum absolute atomic E-state index is 13.5. The van der Waals surface area contributed by atoms with E-state index in [2.05, 4.69) is 25.7 Å². The molecule has 2 aromatic heterocycles. The van der Waals surface area contributed by atoms with Crippen LogP contribution in [0.25, 0.3) is 0 Å². The van der Waals surface area contributed by atoms with E-state index in [0.29, 0.717) is 32.6 Å². The number of rotatable bonds is 10. The minimum Gasteiger partial charge on any atom is -0.379 e. The van der Waals surface area contributed by atoms with Crippen LogP contribution >= 0.6 is 0 Å². The lowest BCUT2D eigenvalue weighted by atomic mass is 9.91. The molecular formula is C25H32F6N8O3. The van der Waals surface area contributed by atoms with Crippen LogP contribution in [0, 0.1) is 5.92 Å². The summed E-state index contributed by atoms with van der Waals surface area (Å²) in [6.07, 6.45) is -4.79. The van der Waals surface area contributed by atoms with Crippen molar-refractivity contribution in [3.63, 3.8) is 0 Å². The molecule has 0 aromatic carbocycles. The number of alkyl halides is 6. The number of aromatic amines is 1. The molecule has 17 heteroatoms. The summed E-state index contributed by atoms with van der Waals surface area (Å²) in [6, 6.07) is -0.555. The molecular weight excluding hydrogens is 574 g/mol. The summed E-state index contributed by atoms with van der Waals surface area (Å²) in [6.45, 7) is 2.96. The van der Waals surface area contributed by atoms with Crippen LogP contribution in [0.4, 0.5) is 38.0 Å². The second kappa shape index (κ2) is 13.7. The first-order chi connectivity index (χ1) is 19.9. The molecule has 0 bridgehead atoms. The average molecular weight is 607 g/mol. The number of ether oxygens (including phenoxy) is 1. The van der Waals surface area contributed by atoms with Gasteiger partial charge in [-0.15, -0.1) is 0 Å². The van der Waals surface area contributed by atoms with Crippen molar-refractivity contribution in [1.82, 2.24) is 30.4 Å². The van der Waals surface area contributed by atoms with Gasteiger partial charge in [0.1, 0.15) is 5.56 Å². The summed E-state index contributed by atoms with van der Waals surface area (Å²) in [5, 5.41) is 11.4. The maximum Gasteiger partial charge on any atom is 0.423 e. The van der Waals surface area contributed by atoms with Crippen LogP contribution in [0.2, 0.25) is 0 Å². The van der Waals surface area contributed by atoms with Crippen LogP contribution in [0.3, 0.4) is 0 Å². The van der Waals surface area contributed by atoms with Crippen molar-refractivity contribution in [2.45, 2.75) is 44.1 Å². The zero-order chi connectivity index (χ0) is 30.3. The van der Waals surface area contributed by atoms with Gasteiger partial charge in [0.25, 0.3) is 5.56 Å². The summed E-state index contributed by atoms with van der Waals surface area (Å²) in [5.41, 5.74) is -4.07. The van der Waals surface area contributed by atoms with Gasteiger partial charge in [0.05, 0.1) is 37.1 Å². The average Bonchev–Trinajstić information content (AvgIpc) is 2.95. The summed E-state index contributed by atoms with van der Waals surface area (Å²) >= 11 is 0. The van der Waals surface area contributed by atoms with Gasteiger partial charge in [0.2, 0.25) is 11.9 Å². The number of piperidine rings is 1. The number of hydrogen-bond acceptors (Lipinski definition) is 9. The second-order valence-corrected chi connectivity index (χ2v) is 10.2. The van der Waals surface area contributed by atoms with Gasteiger partial charge >= 0.3 is 12.4 Å². The molecule has 2 saturated heterocycles. The summed E-state index contributed by atoms with van der Waals surface area (Å²) in [7, 11) is 0. The highest BCUT2D eigenvalue weighted by Crippen LogP contribution is 2.32. The van der Waals surface area contributed by atoms with Gasteiger partial charge in [0, 0.05) is 44.6 Å². The van der Waals surface area contributed by atoms with Crippen LogP contribution in [0.15, 0.2) is 23.4 Å². The largest absolute Gasteiger partial charge is 0.423 e. The van der Waals surface area contributed by atoms with E-state index in [-0.39, 0.29) is 37.4 Å². The van der Waals surface area contributed by atoms with Crippen LogP contribution < -0.4 is 21.1 Å². The highest BCUT2D eigenvalue weighted by molar-refractivity contribution is 5.76. The number of nitrogens with one attached hydrogen (secondary N) is 3. The smallest absolute Gasteiger partial charge is 0.379 e. The van der Waals surface area contributed by atoms with Crippen LogP contribution in [0.1, 0.15) is 36.8 Å². The third-order valence-electron chi connectivity index (χ3n) is 7.24. The van der Waals surface area contributed by atoms with E-state index < -0.39 is 40.8 Å². The fourth-order valence-corrected chi connectivity index (χ4v) is 5.03. The quantitative estimate of drug-likeness (QED) is 0.276. The number of halogens is 6. The molecule has 1 unspecified atom stereocenters. The molecule has 0 aliphatic carbocycles. The summed E-state index contributed by atoms with van der Waals surface area (Å²) < 4.78 is 84.6. The van der Waals surface area contributed by atoms with E-state index in [1.807, 2.05) is 5.10 Å². The monoisotopic (exact) mass is 606 g/mol. The van der Waals surface area contributed by atoms with Gasteiger partial charge in [-0.05, 0) is 38.3 Å². The molecule has 0 spiro atoms. The Labute approximate surface area is 237 Å². The third kappa shape index (κ3) is 8.53.